The molecule has 0 aliphatic carbocycles. The molecular weight excluding hydrogens is 294 g/mol. The Morgan fingerprint density at radius 1 is 1.09 bits per heavy atom. The van der Waals surface area contributed by atoms with Crippen molar-refractivity contribution in [2.24, 2.45) is 0 Å². The molecule has 3 aromatic rings. The first-order valence-corrected chi connectivity index (χ1v) is 7.77. The third-order valence-corrected chi connectivity index (χ3v) is 4.47. The number of aromatic nitrogens is 1. The number of aryl methyl sites for hydroxylation is 1. The van der Waals surface area contributed by atoms with Crippen molar-refractivity contribution in [3.8, 4) is 16.2 Å². The van der Waals surface area contributed by atoms with Gasteiger partial charge in [-0.15, -0.1) is 11.3 Å². The number of hydrogen-bond acceptors (Lipinski definition) is 4. The lowest BCUT2D eigenvalue weighted by molar-refractivity contribution is 0.0992. The van der Waals surface area contributed by atoms with Crippen LogP contribution in [0.25, 0.3) is 10.4 Å². The van der Waals surface area contributed by atoms with Crippen LogP contribution in [0.15, 0.2) is 54.7 Å². The van der Waals surface area contributed by atoms with Gasteiger partial charge in [0.15, 0.2) is 10.8 Å². The maximum atomic E-state index is 12.3. The van der Waals surface area contributed by atoms with Crippen LogP contribution in [-0.2, 0) is 6.42 Å². The number of ketones is 1. The van der Waals surface area contributed by atoms with Gasteiger partial charge in [0, 0.05) is 12.6 Å². The molecular formula is C18H15NO2S. The molecule has 0 amide bonds. The van der Waals surface area contributed by atoms with Crippen LogP contribution < -0.4 is 0 Å². The van der Waals surface area contributed by atoms with Gasteiger partial charge in [-0.25, -0.2) is 4.98 Å². The van der Waals surface area contributed by atoms with Crippen LogP contribution in [0.1, 0.15) is 20.9 Å². The monoisotopic (exact) mass is 309 g/mol. The highest BCUT2D eigenvalue weighted by atomic mass is 32.1. The fourth-order valence-corrected chi connectivity index (χ4v) is 2.99. The van der Waals surface area contributed by atoms with E-state index in [9.17, 15) is 9.90 Å². The van der Waals surface area contributed by atoms with Gasteiger partial charge in [0.25, 0.3) is 0 Å². The number of nitrogens with zero attached hydrogens (tertiary/aromatic N) is 1. The van der Waals surface area contributed by atoms with Gasteiger partial charge < -0.3 is 5.11 Å². The van der Waals surface area contributed by atoms with Gasteiger partial charge in [-0.3, -0.25) is 4.79 Å². The minimum Gasteiger partial charge on any atom is -0.508 e. The van der Waals surface area contributed by atoms with Gasteiger partial charge in [-0.1, -0.05) is 29.8 Å². The number of benzene rings is 2. The summed E-state index contributed by atoms with van der Waals surface area (Å²) >= 11 is 1.38. The zero-order valence-electron chi connectivity index (χ0n) is 12.1. The number of phenols is 1. The third kappa shape index (κ3) is 3.23. The summed E-state index contributed by atoms with van der Waals surface area (Å²) in [7, 11) is 0. The minimum atomic E-state index is 0.0267. The Balaban J connectivity index is 1.76. The van der Waals surface area contributed by atoms with E-state index >= 15 is 0 Å². The second kappa shape index (κ2) is 6.12. The smallest absolute Gasteiger partial charge is 0.195 e. The van der Waals surface area contributed by atoms with E-state index in [1.165, 1.54) is 16.9 Å². The number of carbonyl (C=O) groups is 1. The molecule has 0 aliphatic heterocycles. The number of thiazole rings is 1. The summed E-state index contributed by atoms with van der Waals surface area (Å²) in [5.41, 5.74) is 3.13. The molecule has 1 heterocycles. The van der Waals surface area contributed by atoms with Crippen LogP contribution in [0.5, 0.6) is 5.75 Å². The number of aromatic hydroxyl groups is 1. The molecule has 110 valence electrons. The van der Waals surface area contributed by atoms with Gasteiger partial charge in [0.1, 0.15) is 5.75 Å². The summed E-state index contributed by atoms with van der Waals surface area (Å²) in [4.78, 5) is 17.5. The van der Waals surface area contributed by atoms with Crippen molar-refractivity contribution in [1.29, 1.82) is 0 Å². The molecule has 0 fully saturated rings. The summed E-state index contributed by atoms with van der Waals surface area (Å²) < 4.78 is 0. The molecule has 0 aliphatic rings. The molecule has 0 bridgehead atoms. The third-order valence-electron chi connectivity index (χ3n) is 3.38. The molecule has 22 heavy (non-hydrogen) atoms. The largest absolute Gasteiger partial charge is 0.508 e. The first-order chi connectivity index (χ1) is 10.6. The SMILES string of the molecule is Cc1ccc(CC(=O)c2ncc(-c3ccc(O)cc3)s2)cc1. The van der Waals surface area contributed by atoms with E-state index in [-0.39, 0.29) is 11.5 Å². The fraction of sp³-hybridized carbons (Fsp3) is 0.111. The van der Waals surface area contributed by atoms with Crippen LogP contribution in [0, 0.1) is 6.92 Å². The van der Waals surface area contributed by atoms with Gasteiger partial charge in [0.05, 0.1) is 4.88 Å². The molecule has 0 unspecified atom stereocenters. The standard InChI is InChI=1S/C18H15NO2S/c1-12-2-4-13(5-3-12)10-16(21)18-19-11-17(22-18)14-6-8-15(20)9-7-14/h2-9,11,20H,10H2,1H3. The van der Waals surface area contributed by atoms with Crippen LogP contribution in [-0.4, -0.2) is 15.9 Å². The van der Waals surface area contributed by atoms with E-state index in [0.29, 0.717) is 11.4 Å². The number of Topliss-reactive ketones (excluding diaryl/α,β-unsaturated/α-hetero) is 1. The number of rotatable bonds is 4. The Hall–Kier alpha value is -2.46. The van der Waals surface area contributed by atoms with Crippen LogP contribution >= 0.6 is 11.3 Å². The Labute approximate surface area is 132 Å². The first-order valence-electron chi connectivity index (χ1n) is 6.96. The van der Waals surface area contributed by atoms with Crippen molar-refractivity contribution >= 4 is 17.1 Å². The normalized spacial score (nSPS) is 10.6. The molecule has 0 saturated carbocycles. The lowest BCUT2D eigenvalue weighted by atomic mass is 10.1. The molecule has 1 aromatic heterocycles. The summed E-state index contributed by atoms with van der Waals surface area (Å²) in [5.74, 6) is 0.253. The molecule has 3 rings (SSSR count). The predicted molar refractivity (Wildman–Crippen MR) is 88.4 cm³/mol. The minimum absolute atomic E-state index is 0.0267. The summed E-state index contributed by atoms with van der Waals surface area (Å²) in [6.45, 7) is 2.02. The number of hydrogen-bond donors (Lipinski definition) is 1. The summed E-state index contributed by atoms with van der Waals surface area (Å²) in [6.07, 6.45) is 2.07. The van der Waals surface area contributed by atoms with Crippen LogP contribution in [0.3, 0.4) is 0 Å². The van der Waals surface area contributed by atoms with Gasteiger partial charge in [-0.2, -0.15) is 0 Å². The predicted octanol–water partition coefficient (Wildman–Crippen LogP) is 4.25. The van der Waals surface area contributed by atoms with Crippen LogP contribution in [0.2, 0.25) is 0 Å². The molecule has 1 N–H and O–H groups in total. The number of phenolic OH excluding ortho intramolecular Hbond substituents is 1. The van der Waals surface area contributed by atoms with E-state index < -0.39 is 0 Å². The van der Waals surface area contributed by atoms with E-state index in [0.717, 1.165) is 16.0 Å². The highest BCUT2D eigenvalue weighted by Crippen LogP contribution is 2.28. The maximum Gasteiger partial charge on any atom is 0.195 e. The second-order valence-corrected chi connectivity index (χ2v) is 6.19. The lowest BCUT2D eigenvalue weighted by Gasteiger charge is -1.99. The van der Waals surface area contributed by atoms with Gasteiger partial charge in [-0.05, 0) is 42.3 Å². The molecule has 2 aromatic carbocycles. The summed E-state index contributed by atoms with van der Waals surface area (Å²) in [5, 5.41) is 9.83. The van der Waals surface area contributed by atoms with Crippen molar-refractivity contribution in [1.82, 2.24) is 4.98 Å². The van der Waals surface area contributed by atoms with Crippen LogP contribution in [0.4, 0.5) is 0 Å². The molecule has 0 radical (unpaired) electrons. The molecule has 0 atom stereocenters. The quantitative estimate of drug-likeness (QED) is 0.733. The van der Waals surface area contributed by atoms with E-state index in [2.05, 4.69) is 4.98 Å². The molecule has 0 saturated heterocycles. The fourth-order valence-electron chi connectivity index (χ4n) is 2.13. The Morgan fingerprint density at radius 3 is 2.45 bits per heavy atom. The topological polar surface area (TPSA) is 50.2 Å². The number of carbonyl (C=O) groups excluding carboxylic acids is 1. The first kappa shape index (κ1) is 14.5. The molecule has 0 spiro atoms. The van der Waals surface area contributed by atoms with Crippen molar-refractivity contribution in [3.63, 3.8) is 0 Å². The Morgan fingerprint density at radius 2 is 1.77 bits per heavy atom. The van der Waals surface area contributed by atoms with Crippen molar-refractivity contribution in [3.05, 3.63) is 70.9 Å². The lowest BCUT2D eigenvalue weighted by Crippen LogP contribution is -2.02. The zero-order chi connectivity index (χ0) is 15.5. The van der Waals surface area contributed by atoms with Crippen molar-refractivity contribution in [2.45, 2.75) is 13.3 Å². The zero-order valence-corrected chi connectivity index (χ0v) is 12.9. The summed E-state index contributed by atoms with van der Waals surface area (Å²) in [6, 6.07) is 14.8. The Bertz CT molecular complexity index is 789. The van der Waals surface area contributed by atoms with E-state index in [4.69, 9.17) is 0 Å². The van der Waals surface area contributed by atoms with E-state index in [1.54, 1.807) is 18.3 Å². The molecule has 3 nitrogen and oxygen atoms in total. The van der Waals surface area contributed by atoms with E-state index in [1.807, 2.05) is 43.3 Å². The van der Waals surface area contributed by atoms with Crippen molar-refractivity contribution < 1.29 is 9.90 Å². The second-order valence-electron chi connectivity index (χ2n) is 5.16. The van der Waals surface area contributed by atoms with Crippen molar-refractivity contribution in [2.75, 3.05) is 0 Å². The molecule has 4 heteroatoms. The Kier molecular flexibility index (Phi) is 4.02. The van der Waals surface area contributed by atoms with Gasteiger partial charge in [0.2, 0.25) is 0 Å². The maximum absolute atomic E-state index is 12.3. The average Bonchev–Trinajstić information content (AvgIpc) is 3.00. The average molecular weight is 309 g/mol. The highest BCUT2D eigenvalue weighted by molar-refractivity contribution is 7.17. The van der Waals surface area contributed by atoms with Gasteiger partial charge >= 0.3 is 0 Å². The highest BCUT2D eigenvalue weighted by Gasteiger charge is 2.13.